The lowest BCUT2D eigenvalue weighted by molar-refractivity contribution is -0.911. The van der Waals surface area contributed by atoms with Crippen LogP contribution in [-0.2, 0) is 0 Å². The highest BCUT2D eigenvalue weighted by Gasteiger charge is 2.26. The first-order valence-electron chi connectivity index (χ1n) is 5.84. The Labute approximate surface area is 97.7 Å². The standard InChI is InChI=1S/C11H17FNO.C2H6/c1-7(2)9(4)11-10(12)5-8(3)6-13(11)14;1-2/h5-7,9,14H,1-4H3;1-2H3/q+1;/t9-;/m0./s1. The van der Waals surface area contributed by atoms with Gasteiger partial charge < -0.3 is 0 Å². The fourth-order valence-electron chi connectivity index (χ4n) is 1.42. The minimum absolute atomic E-state index is 0.000556. The number of rotatable bonds is 2. The number of hydrogen-bond donors (Lipinski definition) is 1. The highest BCUT2D eigenvalue weighted by atomic mass is 19.1. The molecule has 1 N–H and O–H groups in total. The van der Waals surface area contributed by atoms with Crippen LogP contribution < -0.4 is 4.73 Å². The maximum absolute atomic E-state index is 13.5. The summed E-state index contributed by atoms with van der Waals surface area (Å²) in [4.78, 5) is 0. The van der Waals surface area contributed by atoms with E-state index in [0.717, 1.165) is 4.73 Å². The highest BCUT2D eigenvalue weighted by molar-refractivity contribution is 5.12. The van der Waals surface area contributed by atoms with E-state index in [1.165, 1.54) is 12.3 Å². The first kappa shape index (κ1) is 14.9. The predicted octanol–water partition coefficient (Wildman–Crippen LogP) is 3.44. The molecule has 0 aliphatic carbocycles. The molecule has 0 aromatic carbocycles. The number of halogens is 1. The van der Waals surface area contributed by atoms with Crippen LogP contribution >= 0.6 is 0 Å². The molecule has 0 fully saturated rings. The van der Waals surface area contributed by atoms with Crippen molar-refractivity contribution in [2.24, 2.45) is 5.92 Å². The van der Waals surface area contributed by atoms with Crippen molar-refractivity contribution in [3.63, 3.8) is 0 Å². The summed E-state index contributed by atoms with van der Waals surface area (Å²) < 4.78 is 14.4. The Balaban J connectivity index is 0.00000106. The Morgan fingerprint density at radius 3 is 2.12 bits per heavy atom. The van der Waals surface area contributed by atoms with Gasteiger partial charge in [0.15, 0.2) is 5.82 Å². The van der Waals surface area contributed by atoms with E-state index < -0.39 is 0 Å². The van der Waals surface area contributed by atoms with Crippen LogP contribution in [0.15, 0.2) is 12.3 Å². The van der Waals surface area contributed by atoms with E-state index in [4.69, 9.17) is 0 Å². The summed E-state index contributed by atoms with van der Waals surface area (Å²) in [5.74, 6) is -0.0418. The van der Waals surface area contributed by atoms with Gasteiger partial charge >= 0.3 is 0 Å². The van der Waals surface area contributed by atoms with Crippen molar-refractivity contribution < 1.29 is 14.3 Å². The van der Waals surface area contributed by atoms with E-state index in [1.807, 2.05) is 34.6 Å². The van der Waals surface area contributed by atoms with Crippen LogP contribution in [0.3, 0.4) is 0 Å². The summed E-state index contributed by atoms with van der Waals surface area (Å²) in [5.41, 5.74) is 1.07. The van der Waals surface area contributed by atoms with Gasteiger partial charge in [0.1, 0.15) is 0 Å². The predicted molar refractivity (Wildman–Crippen MR) is 63.1 cm³/mol. The molecule has 0 radical (unpaired) electrons. The van der Waals surface area contributed by atoms with Gasteiger partial charge in [-0.1, -0.05) is 34.6 Å². The first-order valence-corrected chi connectivity index (χ1v) is 5.84. The van der Waals surface area contributed by atoms with E-state index in [0.29, 0.717) is 17.2 Å². The molecular formula is C13H23FNO+. The minimum Gasteiger partial charge on any atom is -0.285 e. The maximum atomic E-state index is 13.5. The largest absolute Gasteiger partial charge is 0.285 e. The summed E-state index contributed by atoms with van der Waals surface area (Å²) >= 11 is 0. The van der Waals surface area contributed by atoms with E-state index in [1.54, 1.807) is 6.92 Å². The molecule has 3 heteroatoms. The van der Waals surface area contributed by atoms with Gasteiger partial charge in [-0.05, 0) is 18.9 Å². The number of pyridine rings is 1. The normalized spacial score (nSPS) is 12.0. The molecule has 1 heterocycles. The average Bonchev–Trinajstić information content (AvgIpc) is 2.18. The second-order valence-corrected chi connectivity index (χ2v) is 4.13. The molecule has 0 amide bonds. The molecule has 0 bridgehead atoms. The zero-order valence-electron chi connectivity index (χ0n) is 11.1. The van der Waals surface area contributed by atoms with E-state index >= 15 is 0 Å². The highest BCUT2D eigenvalue weighted by Crippen LogP contribution is 2.22. The molecule has 0 spiro atoms. The van der Waals surface area contributed by atoms with Crippen molar-refractivity contribution in [3.8, 4) is 0 Å². The fraction of sp³-hybridized carbons (Fsp3) is 0.615. The van der Waals surface area contributed by atoms with Crippen molar-refractivity contribution >= 4 is 0 Å². The smallest absolute Gasteiger partial charge is 0.272 e. The van der Waals surface area contributed by atoms with Gasteiger partial charge in [-0.15, -0.1) is 0 Å². The van der Waals surface area contributed by atoms with Gasteiger partial charge in [0.05, 0.1) is 5.92 Å². The number of nitrogens with zero attached hydrogens (tertiary/aromatic N) is 1. The van der Waals surface area contributed by atoms with E-state index in [2.05, 4.69) is 0 Å². The molecule has 0 aliphatic rings. The van der Waals surface area contributed by atoms with Gasteiger partial charge in [0, 0.05) is 10.3 Å². The van der Waals surface area contributed by atoms with Crippen LogP contribution in [0.25, 0.3) is 0 Å². The molecule has 0 aliphatic heterocycles. The molecular weight excluding hydrogens is 205 g/mol. The summed E-state index contributed by atoms with van der Waals surface area (Å²) in [5, 5.41) is 9.57. The maximum Gasteiger partial charge on any atom is 0.272 e. The molecule has 0 unspecified atom stereocenters. The molecule has 1 rings (SSSR count). The van der Waals surface area contributed by atoms with Crippen molar-refractivity contribution in [3.05, 3.63) is 29.3 Å². The number of hydrogen-bond acceptors (Lipinski definition) is 1. The molecule has 0 saturated carbocycles. The number of aryl methyl sites for hydroxylation is 1. The lowest BCUT2D eigenvalue weighted by Crippen LogP contribution is -2.38. The zero-order valence-corrected chi connectivity index (χ0v) is 11.1. The zero-order chi connectivity index (χ0) is 12.9. The average molecular weight is 228 g/mol. The van der Waals surface area contributed by atoms with Gasteiger partial charge in [0.25, 0.3) is 5.69 Å². The lowest BCUT2D eigenvalue weighted by atomic mass is 9.93. The monoisotopic (exact) mass is 228 g/mol. The third-order valence-corrected chi connectivity index (χ3v) is 2.60. The third-order valence-electron chi connectivity index (χ3n) is 2.60. The van der Waals surface area contributed by atoms with Gasteiger partial charge in [0.2, 0.25) is 6.20 Å². The summed E-state index contributed by atoms with van der Waals surface area (Å²) in [6, 6.07) is 1.45. The Hall–Kier alpha value is -1.12. The van der Waals surface area contributed by atoms with Crippen LogP contribution in [0.1, 0.15) is 51.8 Å². The molecule has 1 aromatic rings. The number of aromatic nitrogens is 1. The van der Waals surface area contributed by atoms with Gasteiger partial charge in [-0.25, -0.2) is 0 Å². The Bertz CT molecular complexity index is 314. The van der Waals surface area contributed by atoms with Crippen LogP contribution in [-0.4, -0.2) is 5.21 Å². The Morgan fingerprint density at radius 1 is 1.25 bits per heavy atom. The summed E-state index contributed by atoms with van der Waals surface area (Å²) in [6.45, 7) is 11.7. The van der Waals surface area contributed by atoms with Crippen LogP contribution in [0, 0.1) is 18.7 Å². The topological polar surface area (TPSA) is 24.1 Å². The Kier molecular flexibility index (Phi) is 6.01. The Morgan fingerprint density at radius 2 is 1.75 bits per heavy atom. The second kappa shape index (κ2) is 6.46. The van der Waals surface area contributed by atoms with Crippen LogP contribution in [0.2, 0.25) is 0 Å². The van der Waals surface area contributed by atoms with Crippen molar-refractivity contribution in [1.29, 1.82) is 0 Å². The van der Waals surface area contributed by atoms with Crippen LogP contribution in [0.4, 0.5) is 4.39 Å². The molecule has 2 nitrogen and oxygen atoms in total. The lowest BCUT2D eigenvalue weighted by Gasteiger charge is -2.11. The summed E-state index contributed by atoms with van der Waals surface area (Å²) in [7, 11) is 0. The van der Waals surface area contributed by atoms with E-state index in [9.17, 15) is 9.60 Å². The molecule has 1 aromatic heterocycles. The van der Waals surface area contributed by atoms with Crippen LogP contribution in [0.5, 0.6) is 0 Å². The first-order chi connectivity index (χ1) is 7.43. The van der Waals surface area contributed by atoms with Crippen molar-refractivity contribution in [2.45, 2.75) is 47.5 Å². The fourth-order valence-corrected chi connectivity index (χ4v) is 1.42. The summed E-state index contributed by atoms with van der Waals surface area (Å²) in [6.07, 6.45) is 1.53. The van der Waals surface area contributed by atoms with Gasteiger partial charge in [-0.3, -0.25) is 5.21 Å². The quantitative estimate of drug-likeness (QED) is 0.608. The molecule has 92 valence electrons. The van der Waals surface area contributed by atoms with Gasteiger partial charge in [-0.2, -0.15) is 4.39 Å². The molecule has 0 saturated heterocycles. The van der Waals surface area contributed by atoms with Crippen molar-refractivity contribution in [1.82, 2.24) is 0 Å². The minimum atomic E-state index is -0.339. The second-order valence-electron chi connectivity index (χ2n) is 4.13. The molecule has 16 heavy (non-hydrogen) atoms. The van der Waals surface area contributed by atoms with E-state index in [-0.39, 0.29) is 11.7 Å². The molecule has 1 atom stereocenters. The third kappa shape index (κ3) is 3.47. The van der Waals surface area contributed by atoms with Crippen molar-refractivity contribution in [2.75, 3.05) is 0 Å². The SMILES string of the molecule is CC.Cc1cc(F)c([C@@H](C)C(C)C)[n+](O)c1.